The normalized spacial score (nSPS) is 49.5. The van der Waals surface area contributed by atoms with Gasteiger partial charge in [0.1, 0.15) is 0 Å². The third kappa shape index (κ3) is 1.76. The Hall–Kier alpha value is -0.610. The highest BCUT2D eigenvalue weighted by molar-refractivity contribution is 5.81. The Balaban J connectivity index is 1.59. The van der Waals surface area contributed by atoms with Gasteiger partial charge >= 0.3 is 0 Å². The lowest BCUT2D eigenvalue weighted by atomic mass is 9.47. The molecule has 106 valence electrons. The lowest BCUT2D eigenvalue weighted by Crippen LogP contribution is -2.63. The Kier molecular flexibility index (Phi) is 2.68. The predicted octanol–water partition coefficient (Wildman–Crippen LogP) is 0.999. The zero-order chi connectivity index (χ0) is 13.0. The maximum absolute atomic E-state index is 11.9. The number of nitrogens with zero attached hydrogens (tertiary/aromatic N) is 1. The zero-order valence-electron chi connectivity index (χ0n) is 11.5. The number of amides is 1. The number of ether oxygens (including phenoxy) is 1. The third-order valence-electron chi connectivity index (χ3n) is 6.21. The molecular weight excluding hydrogens is 240 g/mol. The maximum Gasteiger partial charge on any atom is 0.223 e. The largest absolute Gasteiger partial charge is 0.379 e. The molecule has 0 aromatic rings. The van der Waals surface area contributed by atoms with Crippen molar-refractivity contribution in [2.45, 2.75) is 38.1 Å². The summed E-state index contributed by atoms with van der Waals surface area (Å²) in [6, 6.07) is 0.702. The van der Waals surface area contributed by atoms with Crippen molar-refractivity contribution < 1.29 is 9.53 Å². The number of hydrogen-bond acceptors (Lipinski definition) is 3. The van der Waals surface area contributed by atoms with E-state index in [0.29, 0.717) is 17.9 Å². The minimum Gasteiger partial charge on any atom is -0.379 e. The van der Waals surface area contributed by atoms with Crippen LogP contribution in [0.2, 0.25) is 0 Å². The first kappa shape index (κ1) is 12.2. The summed E-state index contributed by atoms with van der Waals surface area (Å²) < 4.78 is 5.48. The van der Waals surface area contributed by atoms with E-state index in [1.165, 1.54) is 12.8 Å². The summed E-state index contributed by atoms with van der Waals surface area (Å²) in [5, 5.41) is 0. The first-order valence-corrected chi connectivity index (χ1v) is 7.80. The van der Waals surface area contributed by atoms with Gasteiger partial charge in [0.25, 0.3) is 0 Å². The average molecular weight is 264 g/mol. The summed E-state index contributed by atoms with van der Waals surface area (Å²) in [6.07, 6.45) is 5.83. The quantitative estimate of drug-likeness (QED) is 0.809. The summed E-state index contributed by atoms with van der Waals surface area (Å²) >= 11 is 0. The molecule has 2 atom stereocenters. The lowest BCUT2D eigenvalue weighted by molar-refractivity contribution is -0.156. The number of morpholine rings is 1. The summed E-state index contributed by atoms with van der Waals surface area (Å²) in [6.45, 7) is 3.90. The second kappa shape index (κ2) is 4.19. The molecule has 1 aliphatic heterocycles. The van der Waals surface area contributed by atoms with Crippen LogP contribution in [-0.4, -0.2) is 43.2 Å². The summed E-state index contributed by atoms with van der Waals surface area (Å²) in [5.41, 5.74) is 5.60. The van der Waals surface area contributed by atoms with Crippen molar-refractivity contribution >= 4 is 5.91 Å². The molecule has 4 aliphatic carbocycles. The Morgan fingerprint density at radius 3 is 2.32 bits per heavy atom. The van der Waals surface area contributed by atoms with Gasteiger partial charge in [-0.2, -0.15) is 0 Å². The lowest BCUT2D eigenvalue weighted by Gasteiger charge is -2.61. The SMILES string of the molecule is NC(=O)C12CC3CC(C1)C(N1CCOCC1)C(C3)C2. The van der Waals surface area contributed by atoms with E-state index in [9.17, 15) is 4.79 Å². The number of carbonyl (C=O) groups excluding carboxylic acids is 1. The molecule has 0 aromatic heterocycles. The molecule has 4 nitrogen and oxygen atoms in total. The van der Waals surface area contributed by atoms with Crippen molar-refractivity contribution in [1.82, 2.24) is 4.90 Å². The van der Waals surface area contributed by atoms with Crippen LogP contribution in [-0.2, 0) is 9.53 Å². The van der Waals surface area contributed by atoms with Crippen LogP contribution in [0.4, 0.5) is 0 Å². The highest BCUT2D eigenvalue weighted by atomic mass is 16.5. The topological polar surface area (TPSA) is 55.6 Å². The van der Waals surface area contributed by atoms with Crippen LogP contribution in [0.15, 0.2) is 0 Å². The number of primary amides is 1. The van der Waals surface area contributed by atoms with Gasteiger partial charge in [-0.3, -0.25) is 9.69 Å². The number of hydrogen-bond donors (Lipinski definition) is 1. The van der Waals surface area contributed by atoms with E-state index < -0.39 is 0 Å². The average Bonchev–Trinajstić information content (AvgIpc) is 2.38. The molecule has 2 unspecified atom stereocenters. The van der Waals surface area contributed by atoms with E-state index >= 15 is 0 Å². The van der Waals surface area contributed by atoms with Crippen molar-refractivity contribution in [1.29, 1.82) is 0 Å². The molecule has 4 saturated carbocycles. The molecule has 1 saturated heterocycles. The second-order valence-electron chi connectivity index (χ2n) is 7.25. The van der Waals surface area contributed by atoms with Gasteiger partial charge in [0.15, 0.2) is 0 Å². The summed E-state index contributed by atoms with van der Waals surface area (Å²) in [7, 11) is 0. The van der Waals surface area contributed by atoms with Gasteiger partial charge in [0, 0.05) is 24.5 Å². The fourth-order valence-corrected chi connectivity index (χ4v) is 5.77. The fraction of sp³-hybridized carbons (Fsp3) is 0.933. The molecule has 5 aliphatic rings. The highest BCUT2D eigenvalue weighted by Gasteiger charge is 2.58. The maximum atomic E-state index is 11.9. The molecule has 0 radical (unpaired) electrons. The molecule has 5 rings (SSSR count). The van der Waals surface area contributed by atoms with Crippen molar-refractivity contribution in [3.05, 3.63) is 0 Å². The van der Waals surface area contributed by atoms with Crippen molar-refractivity contribution in [2.24, 2.45) is 28.9 Å². The Labute approximate surface area is 114 Å². The van der Waals surface area contributed by atoms with Gasteiger partial charge < -0.3 is 10.5 Å². The van der Waals surface area contributed by atoms with Crippen LogP contribution in [0.5, 0.6) is 0 Å². The van der Waals surface area contributed by atoms with E-state index in [1.54, 1.807) is 0 Å². The zero-order valence-corrected chi connectivity index (χ0v) is 11.5. The van der Waals surface area contributed by atoms with Gasteiger partial charge in [-0.05, 0) is 49.9 Å². The predicted molar refractivity (Wildman–Crippen MR) is 71.4 cm³/mol. The van der Waals surface area contributed by atoms with E-state index in [-0.39, 0.29) is 11.3 Å². The van der Waals surface area contributed by atoms with Gasteiger partial charge in [-0.15, -0.1) is 0 Å². The van der Waals surface area contributed by atoms with Crippen molar-refractivity contribution in [3.8, 4) is 0 Å². The third-order valence-corrected chi connectivity index (χ3v) is 6.21. The molecule has 5 fully saturated rings. The van der Waals surface area contributed by atoms with Crippen LogP contribution >= 0.6 is 0 Å². The van der Waals surface area contributed by atoms with Gasteiger partial charge in [0.2, 0.25) is 5.91 Å². The van der Waals surface area contributed by atoms with Crippen LogP contribution < -0.4 is 5.73 Å². The minimum atomic E-state index is -0.140. The first-order valence-electron chi connectivity index (χ1n) is 7.80. The molecule has 0 aromatic carbocycles. The minimum absolute atomic E-state index is 0.0210. The summed E-state index contributed by atoms with van der Waals surface area (Å²) in [5.74, 6) is 2.16. The van der Waals surface area contributed by atoms with E-state index in [1.807, 2.05) is 0 Å². The Morgan fingerprint density at radius 1 is 1.11 bits per heavy atom. The van der Waals surface area contributed by atoms with Crippen molar-refractivity contribution in [3.63, 3.8) is 0 Å². The Bertz CT molecular complexity index is 376. The highest BCUT2D eigenvalue weighted by Crippen LogP contribution is 2.60. The first-order chi connectivity index (χ1) is 9.18. The van der Waals surface area contributed by atoms with Crippen molar-refractivity contribution in [2.75, 3.05) is 26.3 Å². The van der Waals surface area contributed by atoms with E-state index in [0.717, 1.165) is 51.5 Å². The van der Waals surface area contributed by atoms with E-state index in [2.05, 4.69) is 4.90 Å². The fourth-order valence-electron chi connectivity index (χ4n) is 5.77. The molecule has 1 heterocycles. The van der Waals surface area contributed by atoms with Gasteiger partial charge in [-0.1, -0.05) is 0 Å². The number of nitrogens with two attached hydrogens (primary N) is 1. The molecule has 1 amide bonds. The second-order valence-corrected chi connectivity index (χ2v) is 7.25. The molecule has 0 spiro atoms. The number of rotatable bonds is 2. The number of carbonyl (C=O) groups is 1. The smallest absolute Gasteiger partial charge is 0.223 e. The summed E-state index contributed by atoms with van der Waals surface area (Å²) in [4.78, 5) is 14.6. The van der Waals surface area contributed by atoms with Crippen LogP contribution in [0.1, 0.15) is 32.1 Å². The van der Waals surface area contributed by atoms with Crippen LogP contribution in [0.25, 0.3) is 0 Å². The van der Waals surface area contributed by atoms with Crippen LogP contribution in [0.3, 0.4) is 0 Å². The molecule has 4 bridgehead atoms. The molecule has 19 heavy (non-hydrogen) atoms. The molecule has 4 heteroatoms. The monoisotopic (exact) mass is 264 g/mol. The standard InChI is InChI=1S/C15H24N2O2/c16-14(18)15-7-10-5-11(8-15)13(12(6-10)9-15)17-1-3-19-4-2-17/h10-13H,1-9H2,(H2,16,18). The van der Waals surface area contributed by atoms with Gasteiger partial charge in [0.05, 0.1) is 13.2 Å². The Morgan fingerprint density at radius 2 is 1.74 bits per heavy atom. The van der Waals surface area contributed by atoms with Gasteiger partial charge in [-0.25, -0.2) is 0 Å². The molecule has 2 N–H and O–H groups in total. The van der Waals surface area contributed by atoms with Crippen LogP contribution in [0, 0.1) is 23.2 Å². The van der Waals surface area contributed by atoms with E-state index in [4.69, 9.17) is 10.5 Å². The molecular formula is C15H24N2O2.